The van der Waals surface area contributed by atoms with E-state index < -0.39 is 0 Å². The Morgan fingerprint density at radius 3 is 3.05 bits per heavy atom. The summed E-state index contributed by atoms with van der Waals surface area (Å²) in [5.74, 6) is 1.16. The third-order valence-electron chi connectivity index (χ3n) is 3.25. The lowest BCUT2D eigenvalue weighted by atomic mass is 9.99. The number of pyridine rings is 1. The van der Waals surface area contributed by atoms with E-state index in [-0.39, 0.29) is 5.91 Å². The van der Waals surface area contributed by atoms with E-state index in [0.29, 0.717) is 24.8 Å². The molecule has 104 valence electrons. The van der Waals surface area contributed by atoms with Crippen molar-refractivity contribution in [3.05, 3.63) is 24.0 Å². The lowest BCUT2D eigenvalue weighted by Crippen LogP contribution is -2.30. The van der Waals surface area contributed by atoms with Gasteiger partial charge in [0.1, 0.15) is 11.4 Å². The molecule has 0 unspecified atom stereocenters. The summed E-state index contributed by atoms with van der Waals surface area (Å²) in [6.45, 7) is 5.32. The Kier molecular flexibility index (Phi) is 5.15. The lowest BCUT2D eigenvalue weighted by molar-refractivity contribution is 0.0950. The molecule has 0 saturated carbocycles. The summed E-state index contributed by atoms with van der Waals surface area (Å²) >= 11 is 0. The third-order valence-corrected chi connectivity index (χ3v) is 3.25. The zero-order valence-corrected chi connectivity index (χ0v) is 11.3. The summed E-state index contributed by atoms with van der Waals surface area (Å²) in [4.78, 5) is 15.7. The Labute approximate surface area is 113 Å². The Morgan fingerprint density at radius 1 is 1.53 bits per heavy atom. The number of piperidine rings is 1. The fourth-order valence-corrected chi connectivity index (χ4v) is 2.14. The normalized spacial score (nSPS) is 16.1. The van der Waals surface area contributed by atoms with E-state index in [1.54, 1.807) is 18.3 Å². The molecular formula is C14H21N3O2. The van der Waals surface area contributed by atoms with E-state index >= 15 is 0 Å². The van der Waals surface area contributed by atoms with Crippen LogP contribution in [-0.2, 0) is 0 Å². The second-order valence-corrected chi connectivity index (χ2v) is 4.74. The van der Waals surface area contributed by atoms with Crippen LogP contribution in [0.4, 0.5) is 0 Å². The van der Waals surface area contributed by atoms with Crippen molar-refractivity contribution in [3.63, 3.8) is 0 Å². The van der Waals surface area contributed by atoms with Gasteiger partial charge in [-0.1, -0.05) is 0 Å². The van der Waals surface area contributed by atoms with Crippen LogP contribution in [0.25, 0.3) is 0 Å². The van der Waals surface area contributed by atoms with Gasteiger partial charge in [-0.15, -0.1) is 0 Å². The standard InChI is InChI=1S/C14H21N3O2/c1-2-16-14(18)13-9-12(5-8-17-13)19-10-11-3-6-15-7-4-11/h5,8-9,11,15H,2-4,6-7,10H2,1H3,(H,16,18). The number of amides is 1. The quantitative estimate of drug-likeness (QED) is 0.838. The van der Waals surface area contributed by atoms with Crippen molar-refractivity contribution in [2.75, 3.05) is 26.2 Å². The predicted molar refractivity (Wildman–Crippen MR) is 73.3 cm³/mol. The van der Waals surface area contributed by atoms with E-state index in [9.17, 15) is 4.79 Å². The van der Waals surface area contributed by atoms with E-state index in [1.807, 2.05) is 6.92 Å². The van der Waals surface area contributed by atoms with Gasteiger partial charge in [-0.25, -0.2) is 0 Å². The SMILES string of the molecule is CCNC(=O)c1cc(OCC2CCNCC2)ccn1. The van der Waals surface area contributed by atoms with Crippen LogP contribution < -0.4 is 15.4 Å². The van der Waals surface area contributed by atoms with Gasteiger partial charge in [0.2, 0.25) is 0 Å². The Bertz CT molecular complexity index is 417. The topological polar surface area (TPSA) is 63.2 Å². The number of carbonyl (C=O) groups excluding carboxylic acids is 1. The number of nitrogens with zero attached hydrogens (tertiary/aromatic N) is 1. The molecule has 1 aromatic heterocycles. The highest BCUT2D eigenvalue weighted by molar-refractivity contribution is 5.92. The summed E-state index contributed by atoms with van der Waals surface area (Å²) in [6.07, 6.45) is 3.91. The molecule has 1 fully saturated rings. The van der Waals surface area contributed by atoms with Crippen LogP contribution in [0.3, 0.4) is 0 Å². The molecule has 0 radical (unpaired) electrons. The molecule has 1 aliphatic heterocycles. The first kappa shape index (κ1) is 13.8. The zero-order valence-electron chi connectivity index (χ0n) is 11.3. The monoisotopic (exact) mass is 263 g/mol. The Hall–Kier alpha value is -1.62. The van der Waals surface area contributed by atoms with E-state index in [0.717, 1.165) is 31.7 Å². The molecule has 0 aliphatic carbocycles. The molecule has 19 heavy (non-hydrogen) atoms. The van der Waals surface area contributed by atoms with Crippen molar-refractivity contribution in [1.29, 1.82) is 0 Å². The largest absolute Gasteiger partial charge is 0.493 e. The maximum atomic E-state index is 11.7. The molecule has 0 spiro atoms. The van der Waals surface area contributed by atoms with E-state index in [2.05, 4.69) is 15.6 Å². The van der Waals surface area contributed by atoms with Crippen molar-refractivity contribution in [2.24, 2.45) is 5.92 Å². The highest BCUT2D eigenvalue weighted by Gasteiger charge is 2.14. The molecule has 2 rings (SSSR count). The molecule has 2 N–H and O–H groups in total. The molecule has 2 heterocycles. The van der Waals surface area contributed by atoms with Gasteiger partial charge in [0, 0.05) is 18.8 Å². The van der Waals surface area contributed by atoms with Gasteiger partial charge in [-0.05, 0) is 44.8 Å². The van der Waals surface area contributed by atoms with Gasteiger partial charge in [-0.3, -0.25) is 9.78 Å². The van der Waals surface area contributed by atoms with Crippen molar-refractivity contribution >= 4 is 5.91 Å². The van der Waals surface area contributed by atoms with Crippen LogP contribution in [0.5, 0.6) is 5.75 Å². The van der Waals surface area contributed by atoms with E-state index in [4.69, 9.17) is 4.74 Å². The summed E-state index contributed by atoms with van der Waals surface area (Å²) in [7, 11) is 0. The first-order valence-corrected chi connectivity index (χ1v) is 6.87. The molecule has 0 aromatic carbocycles. The van der Waals surface area contributed by atoms with E-state index in [1.165, 1.54) is 0 Å². The Morgan fingerprint density at radius 2 is 2.32 bits per heavy atom. The average molecular weight is 263 g/mol. The molecule has 5 nitrogen and oxygen atoms in total. The van der Waals surface area contributed by atoms with Gasteiger partial charge >= 0.3 is 0 Å². The summed E-state index contributed by atoms with van der Waals surface area (Å²) in [5.41, 5.74) is 0.407. The first-order chi connectivity index (χ1) is 9.29. The molecule has 5 heteroatoms. The lowest BCUT2D eigenvalue weighted by Gasteiger charge is -2.22. The minimum absolute atomic E-state index is 0.158. The fourth-order valence-electron chi connectivity index (χ4n) is 2.14. The molecule has 0 atom stereocenters. The van der Waals surface area contributed by atoms with Crippen molar-refractivity contribution in [1.82, 2.24) is 15.6 Å². The first-order valence-electron chi connectivity index (χ1n) is 6.87. The van der Waals surface area contributed by atoms with Gasteiger partial charge in [-0.2, -0.15) is 0 Å². The van der Waals surface area contributed by atoms with Gasteiger partial charge in [0.25, 0.3) is 5.91 Å². The number of rotatable bonds is 5. The number of ether oxygens (including phenoxy) is 1. The zero-order chi connectivity index (χ0) is 13.5. The minimum atomic E-state index is -0.158. The van der Waals surface area contributed by atoms with Crippen LogP contribution in [0, 0.1) is 5.92 Å². The van der Waals surface area contributed by atoms with Gasteiger partial charge in [0.15, 0.2) is 0 Å². The average Bonchev–Trinajstić information content (AvgIpc) is 2.47. The summed E-state index contributed by atoms with van der Waals surface area (Å²) < 4.78 is 5.77. The minimum Gasteiger partial charge on any atom is -0.493 e. The second-order valence-electron chi connectivity index (χ2n) is 4.74. The van der Waals surface area contributed by atoms with Gasteiger partial charge < -0.3 is 15.4 Å². The Balaban J connectivity index is 1.89. The molecule has 1 amide bonds. The van der Waals surface area contributed by atoms with Crippen LogP contribution in [-0.4, -0.2) is 37.1 Å². The fraction of sp³-hybridized carbons (Fsp3) is 0.571. The molecule has 0 bridgehead atoms. The highest BCUT2D eigenvalue weighted by atomic mass is 16.5. The van der Waals surface area contributed by atoms with Crippen LogP contribution in [0.1, 0.15) is 30.3 Å². The number of carbonyl (C=O) groups is 1. The summed E-state index contributed by atoms with van der Waals surface area (Å²) in [5, 5.41) is 6.06. The second kappa shape index (κ2) is 7.09. The van der Waals surface area contributed by atoms with Crippen molar-refractivity contribution in [2.45, 2.75) is 19.8 Å². The summed E-state index contributed by atoms with van der Waals surface area (Å²) in [6, 6.07) is 3.50. The maximum absolute atomic E-state index is 11.7. The molecular weight excluding hydrogens is 242 g/mol. The van der Waals surface area contributed by atoms with Crippen molar-refractivity contribution < 1.29 is 9.53 Å². The number of nitrogens with one attached hydrogen (secondary N) is 2. The predicted octanol–water partition coefficient (Wildman–Crippen LogP) is 1.21. The number of hydrogen-bond acceptors (Lipinski definition) is 4. The van der Waals surface area contributed by atoms with Gasteiger partial charge in [0.05, 0.1) is 6.61 Å². The maximum Gasteiger partial charge on any atom is 0.270 e. The molecule has 1 aliphatic rings. The number of hydrogen-bond donors (Lipinski definition) is 2. The number of aromatic nitrogens is 1. The highest BCUT2D eigenvalue weighted by Crippen LogP contribution is 2.16. The third kappa shape index (κ3) is 4.21. The van der Waals surface area contributed by atoms with Crippen molar-refractivity contribution in [3.8, 4) is 5.75 Å². The van der Waals surface area contributed by atoms with Crippen LogP contribution in [0.15, 0.2) is 18.3 Å². The smallest absolute Gasteiger partial charge is 0.270 e. The molecule has 1 aromatic rings. The van der Waals surface area contributed by atoms with Crippen LogP contribution >= 0.6 is 0 Å². The molecule has 1 saturated heterocycles. The van der Waals surface area contributed by atoms with Crippen LogP contribution in [0.2, 0.25) is 0 Å².